The van der Waals surface area contributed by atoms with Gasteiger partial charge in [-0.2, -0.15) is 5.10 Å². The first kappa shape index (κ1) is 13.2. The van der Waals surface area contributed by atoms with Crippen LogP contribution in [0.4, 0.5) is 0 Å². The van der Waals surface area contributed by atoms with Crippen LogP contribution in [-0.4, -0.2) is 28.6 Å². The molecule has 0 unspecified atom stereocenters. The van der Waals surface area contributed by atoms with Crippen molar-refractivity contribution in [2.75, 3.05) is 7.05 Å². The summed E-state index contributed by atoms with van der Waals surface area (Å²) in [5.41, 5.74) is 5.21. The number of carbonyl (C=O) groups excluding carboxylic acids is 2. The van der Waals surface area contributed by atoms with Crippen molar-refractivity contribution in [3.8, 4) is 0 Å². The third-order valence-corrected chi connectivity index (χ3v) is 1.53. The van der Waals surface area contributed by atoms with Crippen LogP contribution in [0.25, 0.3) is 0 Å². The number of nitrogens with zero attached hydrogens (tertiary/aromatic N) is 2. The second-order valence-electron chi connectivity index (χ2n) is 2.51. The second kappa shape index (κ2) is 5.79. The van der Waals surface area contributed by atoms with Gasteiger partial charge in [-0.05, 0) is 0 Å². The van der Waals surface area contributed by atoms with Crippen LogP contribution >= 0.6 is 0 Å². The average Bonchev–Trinajstić information content (AvgIpc) is 2.62. The molecular weight excluding hydrogens is 196 g/mol. The van der Waals surface area contributed by atoms with Crippen LogP contribution in [0.15, 0.2) is 6.20 Å². The Kier molecular flexibility index (Phi) is 5.08. The Morgan fingerprint density at radius 2 is 2.00 bits per heavy atom. The summed E-state index contributed by atoms with van der Waals surface area (Å²) in [6.07, 6.45) is 1.44. The Bertz CT molecular complexity index is 357. The van der Waals surface area contributed by atoms with Gasteiger partial charge < -0.3 is 11.1 Å². The molecular formula is C9H16N4O2. The molecule has 0 saturated carbocycles. The molecule has 6 heteroatoms. The van der Waals surface area contributed by atoms with Crippen molar-refractivity contribution in [1.82, 2.24) is 15.1 Å². The number of nitrogens with two attached hydrogens (primary N) is 1. The topological polar surface area (TPSA) is 90.0 Å². The number of aromatic nitrogens is 2. The van der Waals surface area contributed by atoms with Crippen molar-refractivity contribution in [3.05, 3.63) is 17.5 Å². The van der Waals surface area contributed by atoms with Crippen molar-refractivity contribution >= 4 is 11.8 Å². The number of carbonyl (C=O) groups is 2. The molecule has 1 heterocycles. The monoisotopic (exact) mass is 212 g/mol. The Morgan fingerprint density at radius 3 is 2.40 bits per heavy atom. The molecule has 0 radical (unpaired) electrons. The van der Waals surface area contributed by atoms with Crippen molar-refractivity contribution in [1.29, 1.82) is 0 Å². The van der Waals surface area contributed by atoms with Gasteiger partial charge in [0.15, 0.2) is 5.69 Å². The van der Waals surface area contributed by atoms with Gasteiger partial charge >= 0.3 is 0 Å². The number of aryl methyl sites for hydroxylation is 1. The lowest BCUT2D eigenvalue weighted by atomic mass is 10.2. The highest BCUT2D eigenvalue weighted by atomic mass is 16.2. The molecule has 0 fully saturated rings. The lowest BCUT2D eigenvalue weighted by Gasteiger charge is -1.95. The maximum Gasteiger partial charge on any atom is 0.270 e. The van der Waals surface area contributed by atoms with Crippen molar-refractivity contribution in [2.24, 2.45) is 12.8 Å². The first-order valence-corrected chi connectivity index (χ1v) is 4.61. The molecule has 1 aromatic rings. The molecule has 1 aromatic heterocycles. The molecule has 0 atom stereocenters. The average molecular weight is 212 g/mol. The zero-order valence-electron chi connectivity index (χ0n) is 9.37. The van der Waals surface area contributed by atoms with Crippen LogP contribution in [-0.2, 0) is 7.05 Å². The smallest absolute Gasteiger partial charge is 0.270 e. The molecule has 3 N–H and O–H groups in total. The minimum atomic E-state index is -0.709. The standard InChI is InChI=1S/C7H10N4O2.C2H6/c1-9-7(13)4-3-11(2)10-5(4)6(8)12;1-2/h3H,1-2H3,(H2,8,12)(H,9,13);1-2H3. The molecule has 0 saturated heterocycles. The SMILES string of the molecule is CC.CNC(=O)c1cn(C)nc1C(N)=O. The van der Waals surface area contributed by atoms with Gasteiger partial charge in [0, 0.05) is 20.3 Å². The first-order valence-electron chi connectivity index (χ1n) is 4.61. The third-order valence-electron chi connectivity index (χ3n) is 1.53. The van der Waals surface area contributed by atoms with Gasteiger partial charge in [0.25, 0.3) is 11.8 Å². The number of hydrogen-bond donors (Lipinski definition) is 2. The molecule has 15 heavy (non-hydrogen) atoms. The highest BCUT2D eigenvalue weighted by Crippen LogP contribution is 2.04. The van der Waals surface area contributed by atoms with Crippen LogP contribution in [0.5, 0.6) is 0 Å². The van der Waals surface area contributed by atoms with Crippen molar-refractivity contribution in [2.45, 2.75) is 13.8 Å². The quantitative estimate of drug-likeness (QED) is 0.717. The highest BCUT2D eigenvalue weighted by molar-refractivity contribution is 6.05. The van der Waals surface area contributed by atoms with Gasteiger partial charge in [0.05, 0.1) is 5.56 Å². The minimum Gasteiger partial charge on any atom is -0.364 e. The highest BCUT2D eigenvalue weighted by Gasteiger charge is 2.17. The fourth-order valence-corrected chi connectivity index (χ4v) is 0.971. The summed E-state index contributed by atoms with van der Waals surface area (Å²) in [4.78, 5) is 22.0. The van der Waals surface area contributed by atoms with Gasteiger partial charge in [-0.15, -0.1) is 0 Å². The summed E-state index contributed by atoms with van der Waals surface area (Å²) in [5.74, 6) is -1.08. The number of primary amides is 1. The molecule has 0 bridgehead atoms. The maximum atomic E-state index is 11.2. The lowest BCUT2D eigenvalue weighted by Crippen LogP contribution is -2.22. The van der Waals surface area contributed by atoms with E-state index in [0.717, 1.165) is 0 Å². The second-order valence-corrected chi connectivity index (χ2v) is 2.51. The van der Waals surface area contributed by atoms with Gasteiger partial charge in [0.1, 0.15) is 0 Å². The van der Waals surface area contributed by atoms with E-state index in [0.29, 0.717) is 0 Å². The largest absolute Gasteiger partial charge is 0.364 e. The summed E-state index contributed by atoms with van der Waals surface area (Å²) in [5, 5.41) is 6.15. The molecule has 0 aliphatic heterocycles. The van der Waals surface area contributed by atoms with E-state index in [1.807, 2.05) is 13.8 Å². The Morgan fingerprint density at radius 1 is 1.47 bits per heavy atom. The Labute approximate surface area is 88.4 Å². The van der Waals surface area contributed by atoms with Crippen LogP contribution < -0.4 is 11.1 Å². The predicted octanol–water partition coefficient (Wildman–Crippen LogP) is -0.0952. The normalized spacial score (nSPS) is 8.80. The van der Waals surface area contributed by atoms with E-state index >= 15 is 0 Å². The van der Waals surface area contributed by atoms with Crippen molar-refractivity contribution < 1.29 is 9.59 Å². The summed E-state index contributed by atoms with van der Waals surface area (Å²) >= 11 is 0. The fraction of sp³-hybridized carbons (Fsp3) is 0.444. The molecule has 2 amide bonds. The minimum absolute atomic E-state index is 0.0122. The summed E-state index contributed by atoms with van der Waals surface area (Å²) < 4.78 is 1.37. The number of hydrogen-bond acceptors (Lipinski definition) is 3. The van der Waals surface area contributed by atoms with Crippen LogP contribution in [0.2, 0.25) is 0 Å². The van der Waals surface area contributed by atoms with E-state index < -0.39 is 5.91 Å². The molecule has 6 nitrogen and oxygen atoms in total. The Hall–Kier alpha value is -1.85. The van der Waals surface area contributed by atoms with Crippen LogP contribution in [0.3, 0.4) is 0 Å². The zero-order valence-corrected chi connectivity index (χ0v) is 9.37. The summed E-state index contributed by atoms with van der Waals surface area (Å²) in [6, 6.07) is 0. The predicted molar refractivity (Wildman–Crippen MR) is 56.5 cm³/mol. The van der Waals surface area contributed by atoms with Gasteiger partial charge in [-0.3, -0.25) is 14.3 Å². The number of amides is 2. The summed E-state index contributed by atoms with van der Waals surface area (Å²) in [7, 11) is 3.08. The maximum absolute atomic E-state index is 11.2. The zero-order chi connectivity index (χ0) is 12.0. The van der Waals surface area contributed by atoms with Crippen molar-refractivity contribution in [3.63, 3.8) is 0 Å². The number of rotatable bonds is 2. The molecule has 0 aliphatic carbocycles. The molecule has 84 valence electrons. The van der Waals surface area contributed by atoms with E-state index in [4.69, 9.17) is 5.73 Å². The van der Waals surface area contributed by atoms with Gasteiger partial charge in [-0.1, -0.05) is 13.8 Å². The van der Waals surface area contributed by atoms with Gasteiger partial charge in [-0.25, -0.2) is 0 Å². The number of nitrogens with one attached hydrogen (secondary N) is 1. The fourth-order valence-electron chi connectivity index (χ4n) is 0.971. The summed E-state index contributed by atoms with van der Waals surface area (Å²) in [6.45, 7) is 4.00. The van der Waals surface area contributed by atoms with E-state index in [-0.39, 0.29) is 17.2 Å². The van der Waals surface area contributed by atoms with Crippen LogP contribution in [0, 0.1) is 0 Å². The first-order chi connectivity index (χ1) is 7.06. The van der Waals surface area contributed by atoms with E-state index in [1.54, 1.807) is 7.05 Å². The molecule has 0 aliphatic rings. The molecule has 0 aromatic carbocycles. The lowest BCUT2D eigenvalue weighted by molar-refractivity contribution is 0.0942. The molecule has 1 rings (SSSR count). The Balaban J connectivity index is 0.000000921. The van der Waals surface area contributed by atoms with Crippen LogP contribution in [0.1, 0.15) is 34.7 Å². The molecule has 0 spiro atoms. The van der Waals surface area contributed by atoms with E-state index in [9.17, 15) is 9.59 Å². The third kappa shape index (κ3) is 3.08. The van der Waals surface area contributed by atoms with Gasteiger partial charge in [0.2, 0.25) is 0 Å². The van der Waals surface area contributed by atoms with E-state index in [1.165, 1.54) is 17.9 Å². The van der Waals surface area contributed by atoms with E-state index in [2.05, 4.69) is 10.4 Å².